The predicted octanol–water partition coefficient (Wildman–Crippen LogP) is 5.88. The van der Waals surface area contributed by atoms with E-state index in [1.54, 1.807) is 43.3 Å². The Balaban J connectivity index is 1.57. The van der Waals surface area contributed by atoms with E-state index in [1.165, 1.54) is 12.1 Å². The Morgan fingerprint density at radius 1 is 1.09 bits per heavy atom. The van der Waals surface area contributed by atoms with E-state index >= 15 is 0 Å². The summed E-state index contributed by atoms with van der Waals surface area (Å²) in [6, 6.07) is 17.1. The Bertz CT molecular complexity index is 1370. The number of carbonyl (C=O) groups is 1. The molecule has 9 heteroatoms. The number of benzene rings is 3. The van der Waals surface area contributed by atoms with Crippen molar-refractivity contribution in [3.63, 3.8) is 0 Å². The molecule has 8 nitrogen and oxygen atoms in total. The number of hydrogen-bond donors (Lipinski definition) is 0. The van der Waals surface area contributed by atoms with Crippen molar-refractivity contribution < 1.29 is 23.9 Å². The van der Waals surface area contributed by atoms with E-state index in [-0.39, 0.29) is 23.9 Å². The molecule has 0 N–H and O–H groups in total. The Hall–Kier alpha value is -4.17. The van der Waals surface area contributed by atoms with E-state index < -0.39 is 10.9 Å². The zero-order valence-corrected chi connectivity index (χ0v) is 19.7. The minimum atomic E-state index is -0.618. The van der Waals surface area contributed by atoms with Gasteiger partial charge in [0, 0.05) is 27.8 Å². The van der Waals surface area contributed by atoms with Crippen molar-refractivity contribution in [2.75, 3.05) is 6.61 Å². The molecule has 0 fully saturated rings. The van der Waals surface area contributed by atoms with Gasteiger partial charge in [-0.05, 0) is 55.8 Å². The SMILES string of the molecule is CCOc1cc(/C=C2\N=C(c3ccc([N+](=O)[O-])c(C)c3)OC2=O)ccc1OCc1ccccc1Cl. The molecule has 3 aromatic carbocycles. The van der Waals surface area contributed by atoms with Crippen LogP contribution in [0.1, 0.15) is 29.2 Å². The van der Waals surface area contributed by atoms with Gasteiger partial charge in [-0.2, -0.15) is 0 Å². The molecule has 0 atom stereocenters. The normalized spacial score (nSPS) is 14.0. The highest BCUT2D eigenvalue weighted by Crippen LogP contribution is 2.31. The Labute approximate surface area is 206 Å². The Morgan fingerprint density at radius 3 is 2.60 bits per heavy atom. The number of halogens is 1. The number of ether oxygens (including phenoxy) is 3. The minimum absolute atomic E-state index is 0.0188. The first-order chi connectivity index (χ1) is 16.9. The van der Waals surface area contributed by atoms with Crippen LogP contribution in [0.25, 0.3) is 6.08 Å². The predicted molar refractivity (Wildman–Crippen MR) is 132 cm³/mol. The summed E-state index contributed by atoms with van der Waals surface area (Å²) in [6.07, 6.45) is 1.58. The van der Waals surface area contributed by atoms with Gasteiger partial charge in [0.2, 0.25) is 5.90 Å². The fourth-order valence-corrected chi connectivity index (χ4v) is 3.65. The van der Waals surface area contributed by atoms with Crippen LogP contribution in [0.2, 0.25) is 5.02 Å². The van der Waals surface area contributed by atoms with Gasteiger partial charge in [-0.3, -0.25) is 10.1 Å². The monoisotopic (exact) mass is 492 g/mol. The Kier molecular flexibility index (Phi) is 7.12. The molecule has 0 spiro atoms. The van der Waals surface area contributed by atoms with Gasteiger partial charge in [-0.15, -0.1) is 0 Å². The fraction of sp³-hybridized carbons (Fsp3) is 0.154. The molecule has 0 aromatic heterocycles. The number of rotatable bonds is 8. The molecule has 0 saturated carbocycles. The fourth-order valence-electron chi connectivity index (χ4n) is 3.46. The highest BCUT2D eigenvalue weighted by molar-refractivity contribution is 6.31. The number of aryl methyl sites for hydroxylation is 1. The quantitative estimate of drug-likeness (QED) is 0.168. The van der Waals surface area contributed by atoms with Crippen molar-refractivity contribution in [2.24, 2.45) is 4.99 Å². The van der Waals surface area contributed by atoms with Crippen molar-refractivity contribution >= 4 is 35.2 Å². The molecule has 1 aliphatic heterocycles. The van der Waals surface area contributed by atoms with Gasteiger partial charge in [-0.1, -0.05) is 35.9 Å². The molecule has 0 amide bonds. The maximum absolute atomic E-state index is 12.4. The van der Waals surface area contributed by atoms with Crippen LogP contribution in [0, 0.1) is 17.0 Å². The molecular formula is C26H21ClN2O6. The van der Waals surface area contributed by atoms with E-state index in [2.05, 4.69) is 4.99 Å². The topological polar surface area (TPSA) is 100 Å². The molecule has 3 aromatic rings. The van der Waals surface area contributed by atoms with E-state index in [4.69, 9.17) is 25.8 Å². The number of nitro benzene ring substituents is 1. The Morgan fingerprint density at radius 2 is 1.89 bits per heavy atom. The molecule has 0 unspecified atom stereocenters. The number of nitro groups is 1. The van der Waals surface area contributed by atoms with Crippen LogP contribution in [0.15, 0.2) is 71.4 Å². The molecule has 1 heterocycles. The van der Waals surface area contributed by atoms with Crippen LogP contribution in [-0.2, 0) is 16.1 Å². The van der Waals surface area contributed by atoms with Crippen molar-refractivity contribution in [2.45, 2.75) is 20.5 Å². The van der Waals surface area contributed by atoms with Gasteiger partial charge >= 0.3 is 5.97 Å². The third-order valence-electron chi connectivity index (χ3n) is 5.17. The average Bonchev–Trinajstić information content (AvgIpc) is 3.19. The maximum atomic E-state index is 12.4. The summed E-state index contributed by atoms with van der Waals surface area (Å²) in [7, 11) is 0. The molecule has 1 aliphatic rings. The third kappa shape index (κ3) is 5.50. The number of cyclic esters (lactones) is 1. The van der Waals surface area contributed by atoms with E-state index in [0.717, 1.165) is 5.56 Å². The molecule has 0 radical (unpaired) electrons. The molecule has 4 rings (SSSR count). The summed E-state index contributed by atoms with van der Waals surface area (Å²) in [5, 5.41) is 11.7. The number of esters is 1. The van der Waals surface area contributed by atoms with Crippen molar-refractivity contribution in [3.05, 3.63) is 104 Å². The van der Waals surface area contributed by atoms with Crippen LogP contribution < -0.4 is 9.47 Å². The second-order valence-corrected chi connectivity index (χ2v) is 8.02. The van der Waals surface area contributed by atoms with Gasteiger partial charge in [0.15, 0.2) is 17.2 Å². The number of carbonyl (C=O) groups excluding carboxylic acids is 1. The number of nitrogens with zero attached hydrogens (tertiary/aromatic N) is 2. The molecule has 0 saturated heterocycles. The number of aliphatic imine (C=N–C) groups is 1. The highest BCUT2D eigenvalue weighted by Gasteiger charge is 2.25. The standard InChI is InChI=1S/C26H21ClN2O6/c1-3-33-24-14-17(8-11-23(24)34-15-19-6-4-5-7-20(19)27)13-21-26(30)35-25(28-21)18-9-10-22(29(31)32)16(2)12-18/h4-14H,3,15H2,1-2H3/b21-13-. The summed E-state index contributed by atoms with van der Waals surface area (Å²) in [6.45, 7) is 4.17. The highest BCUT2D eigenvalue weighted by atomic mass is 35.5. The summed E-state index contributed by atoms with van der Waals surface area (Å²) >= 11 is 6.21. The largest absolute Gasteiger partial charge is 0.490 e. The summed E-state index contributed by atoms with van der Waals surface area (Å²) < 4.78 is 16.9. The summed E-state index contributed by atoms with van der Waals surface area (Å²) in [5.74, 6) is 0.515. The second-order valence-electron chi connectivity index (χ2n) is 7.61. The maximum Gasteiger partial charge on any atom is 0.363 e. The molecule has 0 bridgehead atoms. The van der Waals surface area contributed by atoms with Crippen LogP contribution in [-0.4, -0.2) is 23.4 Å². The van der Waals surface area contributed by atoms with Crippen LogP contribution in [0.5, 0.6) is 11.5 Å². The van der Waals surface area contributed by atoms with E-state index in [1.807, 2.05) is 25.1 Å². The zero-order chi connectivity index (χ0) is 24.9. The van der Waals surface area contributed by atoms with Crippen molar-refractivity contribution in [1.82, 2.24) is 0 Å². The van der Waals surface area contributed by atoms with Gasteiger partial charge in [0.25, 0.3) is 5.69 Å². The molecule has 35 heavy (non-hydrogen) atoms. The lowest BCUT2D eigenvalue weighted by atomic mass is 10.1. The zero-order valence-electron chi connectivity index (χ0n) is 19.0. The van der Waals surface area contributed by atoms with E-state index in [0.29, 0.717) is 39.8 Å². The van der Waals surface area contributed by atoms with Crippen LogP contribution in [0.4, 0.5) is 5.69 Å². The first-order valence-electron chi connectivity index (χ1n) is 10.8. The van der Waals surface area contributed by atoms with Crippen molar-refractivity contribution in [1.29, 1.82) is 0 Å². The van der Waals surface area contributed by atoms with Gasteiger partial charge < -0.3 is 14.2 Å². The average molecular weight is 493 g/mol. The lowest BCUT2D eigenvalue weighted by Gasteiger charge is -2.13. The van der Waals surface area contributed by atoms with Gasteiger partial charge in [0.1, 0.15) is 6.61 Å². The lowest BCUT2D eigenvalue weighted by molar-refractivity contribution is -0.385. The number of hydrogen-bond acceptors (Lipinski definition) is 7. The molecule has 178 valence electrons. The first-order valence-corrected chi connectivity index (χ1v) is 11.1. The van der Waals surface area contributed by atoms with Crippen LogP contribution >= 0.6 is 11.6 Å². The van der Waals surface area contributed by atoms with E-state index in [9.17, 15) is 14.9 Å². The summed E-state index contributed by atoms with van der Waals surface area (Å²) in [4.78, 5) is 27.3. The second kappa shape index (κ2) is 10.4. The lowest BCUT2D eigenvalue weighted by Crippen LogP contribution is -2.06. The third-order valence-corrected chi connectivity index (χ3v) is 5.54. The molecule has 0 aliphatic carbocycles. The first kappa shape index (κ1) is 24.0. The minimum Gasteiger partial charge on any atom is -0.490 e. The van der Waals surface area contributed by atoms with Crippen molar-refractivity contribution in [3.8, 4) is 11.5 Å². The smallest absolute Gasteiger partial charge is 0.363 e. The summed E-state index contributed by atoms with van der Waals surface area (Å²) in [5.41, 5.74) is 2.51. The van der Waals surface area contributed by atoms with Gasteiger partial charge in [0.05, 0.1) is 11.5 Å². The molecular weight excluding hydrogens is 472 g/mol. The van der Waals surface area contributed by atoms with Crippen LogP contribution in [0.3, 0.4) is 0 Å². The van der Waals surface area contributed by atoms with Gasteiger partial charge in [-0.25, -0.2) is 9.79 Å².